The van der Waals surface area contributed by atoms with Gasteiger partial charge in [-0.1, -0.05) is 35.0 Å². The number of rotatable bonds is 10. The van der Waals surface area contributed by atoms with Crippen molar-refractivity contribution in [2.75, 3.05) is 20.1 Å². The van der Waals surface area contributed by atoms with Crippen molar-refractivity contribution in [2.45, 2.75) is 51.7 Å². The van der Waals surface area contributed by atoms with Gasteiger partial charge in [0.05, 0.1) is 18.3 Å². The summed E-state index contributed by atoms with van der Waals surface area (Å²) in [7, 11) is 1.97. The van der Waals surface area contributed by atoms with Crippen LogP contribution in [-0.4, -0.2) is 44.6 Å². The molecule has 0 saturated carbocycles. The van der Waals surface area contributed by atoms with Crippen LogP contribution >= 0.6 is 15.9 Å². The number of hydrogen-bond donors (Lipinski definition) is 1. The first-order valence-corrected chi connectivity index (χ1v) is 12.4. The molecule has 2 heterocycles. The van der Waals surface area contributed by atoms with Crippen molar-refractivity contribution < 1.29 is 0 Å². The molecule has 174 valence electrons. The third kappa shape index (κ3) is 5.57. The summed E-state index contributed by atoms with van der Waals surface area (Å²) in [5, 5.41) is 3.28. The summed E-state index contributed by atoms with van der Waals surface area (Å²) in [6.45, 7) is 5.11. The topological polar surface area (TPSA) is 75.9 Å². The Morgan fingerprint density at radius 1 is 1.15 bits per heavy atom. The molecule has 0 bridgehead atoms. The highest BCUT2D eigenvalue weighted by atomic mass is 79.9. The van der Waals surface area contributed by atoms with Crippen molar-refractivity contribution in [2.24, 2.45) is 0 Å². The maximum absolute atomic E-state index is 13.6. The van der Waals surface area contributed by atoms with Crippen LogP contribution in [0, 0.1) is 0 Å². The van der Waals surface area contributed by atoms with Crippen LogP contribution in [0.15, 0.2) is 52.3 Å². The van der Waals surface area contributed by atoms with E-state index >= 15 is 0 Å². The molecule has 1 atom stereocenters. The molecule has 7 nitrogen and oxygen atoms in total. The molecular weight excluding hydrogens is 480 g/mol. The van der Waals surface area contributed by atoms with E-state index in [1.54, 1.807) is 12.4 Å². The van der Waals surface area contributed by atoms with Crippen LogP contribution in [0.2, 0.25) is 0 Å². The largest absolute Gasteiger partial charge is 0.318 e. The van der Waals surface area contributed by atoms with Gasteiger partial charge in [-0.15, -0.1) is 0 Å². The predicted octanol–water partition coefficient (Wildman–Crippen LogP) is 3.51. The standard InChI is InChI=1S/C25H31BrN6O/c1-3-23(31(12-11-27-2)15-18-7-9-20(26)10-8-18)24-30-22-6-4-5-21(22)25(33)32(24)16-19-13-28-17-29-14-19/h7-10,13-14,17,23,27H,3-6,11-12,15-16H2,1-2H3. The van der Waals surface area contributed by atoms with Gasteiger partial charge in [0.2, 0.25) is 0 Å². The van der Waals surface area contributed by atoms with Gasteiger partial charge < -0.3 is 5.32 Å². The zero-order chi connectivity index (χ0) is 23.2. The molecule has 2 aromatic heterocycles. The molecule has 33 heavy (non-hydrogen) atoms. The SMILES string of the molecule is CCC(c1nc2c(c(=O)n1Cc1cncnc1)CCC2)N(CCNC)Cc1ccc(Br)cc1. The lowest BCUT2D eigenvalue weighted by atomic mass is 10.1. The third-order valence-electron chi connectivity index (χ3n) is 6.25. The van der Waals surface area contributed by atoms with Gasteiger partial charge in [0.25, 0.3) is 5.56 Å². The van der Waals surface area contributed by atoms with Crippen LogP contribution in [0.5, 0.6) is 0 Å². The number of aromatic nitrogens is 4. The minimum absolute atomic E-state index is 0.0187. The monoisotopic (exact) mass is 510 g/mol. The Morgan fingerprint density at radius 2 is 1.91 bits per heavy atom. The summed E-state index contributed by atoms with van der Waals surface area (Å²) in [6, 6.07) is 8.46. The van der Waals surface area contributed by atoms with E-state index < -0.39 is 0 Å². The number of fused-ring (bicyclic) bond motifs is 1. The van der Waals surface area contributed by atoms with Crippen molar-refractivity contribution in [3.05, 3.63) is 86.0 Å². The second-order valence-electron chi connectivity index (χ2n) is 8.51. The van der Waals surface area contributed by atoms with E-state index in [-0.39, 0.29) is 11.6 Å². The lowest BCUT2D eigenvalue weighted by molar-refractivity contribution is 0.172. The quantitative estimate of drug-likeness (QED) is 0.449. The fourth-order valence-electron chi connectivity index (χ4n) is 4.58. The molecule has 1 unspecified atom stereocenters. The Morgan fingerprint density at radius 3 is 2.61 bits per heavy atom. The Labute approximate surface area is 203 Å². The number of aryl methyl sites for hydroxylation is 1. The Kier molecular flexibility index (Phi) is 8.01. The lowest BCUT2D eigenvalue weighted by Gasteiger charge is -2.32. The molecule has 1 aromatic carbocycles. The second kappa shape index (κ2) is 11.1. The van der Waals surface area contributed by atoms with Crippen LogP contribution in [0.25, 0.3) is 0 Å². The van der Waals surface area contributed by atoms with Gasteiger partial charge in [-0.3, -0.25) is 14.3 Å². The van der Waals surface area contributed by atoms with Gasteiger partial charge in [-0.2, -0.15) is 0 Å². The zero-order valence-corrected chi connectivity index (χ0v) is 20.9. The molecule has 0 aliphatic heterocycles. The van der Waals surface area contributed by atoms with Gasteiger partial charge in [0, 0.05) is 47.6 Å². The summed E-state index contributed by atoms with van der Waals surface area (Å²) in [5.74, 6) is 0.847. The maximum Gasteiger partial charge on any atom is 0.257 e. The molecule has 1 aliphatic carbocycles. The van der Waals surface area contributed by atoms with Crippen LogP contribution in [0.1, 0.15) is 54.0 Å². The summed E-state index contributed by atoms with van der Waals surface area (Å²) < 4.78 is 2.93. The third-order valence-corrected chi connectivity index (χ3v) is 6.77. The summed E-state index contributed by atoms with van der Waals surface area (Å²) >= 11 is 3.53. The Bertz CT molecular complexity index is 1120. The summed E-state index contributed by atoms with van der Waals surface area (Å²) in [4.78, 5) is 29.4. The first-order chi connectivity index (χ1) is 16.1. The molecule has 1 aliphatic rings. The highest BCUT2D eigenvalue weighted by Crippen LogP contribution is 2.27. The minimum Gasteiger partial charge on any atom is -0.318 e. The molecule has 3 aromatic rings. The van der Waals surface area contributed by atoms with E-state index in [2.05, 4.69) is 67.3 Å². The predicted molar refractivity (Wildman–Crippen MR) is 133 cm³/mol. The molecule has 0 amide bonds. The first-order valence-electron chi connectivity index (χ1n) is 11.6. The van der Waals surface area contributed by atoms with Crippen molar-refractivity contribution in [3.8, 4) is 0 Å². The van der Waals surface area contributed by atoms with Crippen molar-refractivity contribution in [1.82, 2.24) is 29.7 Å². The van der Waals surface area contributed by atoms with E-state index in [4.69, 9.17) is 4.98 Å². The first kappa shape index (κ1) is 23.7. The minimum atomic E-state index is 0.0187. The highest BCUT2D eigenvalue weighted by Gasteiger charge is 2.28. The number of hydrogen-bond acceptors (Lipinski definition) is 6. The highest BCUT2D eigenvalue weighted by molar-refractivity contribution is 9.10. The molecule has 0 fully saturated rings. The van der Waals surface area contributed by atoms with Gasteiger partial charge >= 0.3 is 0 Å². The average Bonchev–Trinajstić information content (AvgIpc) is 3.31. The molecule has 1 N–H and O–H groups in total. The molecule has 0 spiro atoms. The normalized spacial score (nSPS) is 13.9. The van der Waals surface area contributed by atoms with E-state index in [0.717, 1.165) is 72.4 Å². The van der Waals surface area contributed by atoms with Crippen LogP contribution in [0.4, 0.5) is 0 Å². The molecule has 0 radical (unpaired) electrons. The molecular formula is C25H31BrN6O. The van der Waals surface area contributed by atoms with Crippen molar-refractivity contribution in [3.63, 3.8) is 0 Å². The average molecular weight is 511 g/mol. The fraction of sp³-hybridized carbons (Fsp3) is 0.440. The van der Waals surface area contributed by atoms with Crippen molar-refractivity contribution >= 4 is 15.9 Å². The number of nitrogens with zero attached hydrogens (tertiary/aromatic N) is 5. The number of likely N-dealkylation sites (N-methyl/N-ethyl adjacent to an activating group) is 1. The smallest absolute Gasteiger partial charge is 0.257 e. The molecule has 4 rings (SSSR count). The summed E-state index contributed by atoms with van der Waals surface area (Å²) in [5.41, 5.74) is 4.09. The second-order valence-corrected chi connectivity index (χ2v) is 9.43. The van der Waals surface area contributed by atoms with Gasteiger partial charge in [-0.05, 0) is 50.4 Å². The van der Waals surface area contributed by atoms with E-state index in [9.17, 15) is 4.79 Å². The Hall–Kier alpha value is -2.42. The van der Waals surface area contributed by atoms with Crippen LogP contribution < -0.4 is 10.9 Å². The van der Waals surface area contributed by atoms with E-state index in [0.29, 0.717) is 6.54 Å². The van der Waals surface area contributed by atoms with Gasteiger partial charge in [-0.25, -0.2) is 15.0 Å². The van der Waals surface area contributed by atoms with Gasteiger partial charge in [0.1, 0.15) is 12.2 Å². The summed E-state index contributed by atoms with van der Waals surface area (Å²) in [6.07, 6.45) is 8.61. The number of benzene rings is 1. The van der Waals surface area contributed by atoms with Crippen molar-refractivity contribution in [1.29, 1.82) is 0 Å². The maximum atomic E-state index is 13.6. The molecule has 8 heteroatoms. The Balaban J connectivity index is 1.76. The van der Waals surface area contributed by atoms with Gasteiger partial charge in [0.15, 0.2) is 0 Å². The number of nitrogens with one attached hydrogen (secondary N) is 1. The van der Waals surface area contributed by atoms with E-state index in [1.807, 2.05) is 11.6 Å². The zero-order valence-electron chi connectivity index (χ0n) is 19.3. The van der Waals surface area contributed by atoms with E-state index in [1.165, 1.54) is 11.9 Å². The number of halogens is 1. The fourth-order valence-corrected chi connectivity index (χ4v) is 4.84. The van der Waals surface area contributed by atoms with Crippen LogP contribution in [-0.2, 0) is 25.9 Å². The lowest BCUT2D eigenvalue weighted by Crippen LogP contribution is -2.39. The van der Waals surface area contributed by atoms with Crippen LogP contribution in [0.3, 0.4) is 0 Å². The molecule has 0 saturated heterocycles.